The number of hydrogen-bond acceptors (Lipinski definition) is 2. The monoisotopic (exact) mass is 182 g/mol. The van der Waals surface area contributed by atoms with E-state index in [-0.39, 0.29) is 0 Å². The van der Waals surface area contributed by atoms with E-state index in [1.165, 1.54) is 38.8 Å². The van der Waals surface area contributed by atoms with Crippen molar-refractivity contribution in [3.63, 3.8) is 0 Å². The summed E-state index contributed by atoms with van der Waals surface area (Å²) >= 11 is 0. The zero-order valence-electron chi connectivity index (χ0n) is 8.92. The Balaban J connectivity index is 1.91. The molecule has 2 rings (SSSR count). The van der Waals surface area contributed by atoms with Gasteiger partial charge >= 0.3 is 0 Å². The van der Waals surface area contributed by atoms with Crippen molar-refractivity contribution in [1.29, 1.82) is 0 Å². The second-order valence-corrected chi connectivity index (χ2v) is 4.81. The Morgan fingerprint density at radius 2 is 1.85 bits per heavy atom. The lowest BCUT2D eigenvalue weighted by Crippen LogP contribution is -2.42. The highest BCUT2D eigenvalue weighted by molar-refractivity contribution is 4.89. The lowest BCUT2D eigenvalue weighted by molar-refractivity contribution is 0.158. The molecular formula is C11H22N2. The molecule has 0 aromatic rings. The summed E-state index contributed by atoms with van der Waals surface area (Å²) in [6, 6.07) is 1.68. The van der Waals surface area contributed by atoms with Crippen LogP contribution in [-0.4, -0.2) is 37.1 Å². The molecule has 1 saturated heterocycles. The van der Waals surface area contributed by atoms with Crippen LogP contribution in [-0.2, 0) is 0 Å². The molecule has 2 fully saturated rings. The summed E-state index contributed by atoms with van der Waals surface area (Å²) in [4.78, 5) is 2.64. The summed E-state index contributed by atoms with van der Waals surface area (Å²) in [7, 11) is 2.32. The van der Waals surface area contributed by atoms with Gasteiger partial charge in [0.15, 0.2) is 0 Å². The minimum atomic E-state index is 0.795. The van der Waals surface area contributed by atoms with Gasteiger partial charge in [0.1, 0.15) is 0 Å². The molecule has 2 heteroatoms. The summed E-state index contributed by atoms with van der Waals surface area (Å²) in [5.41, 5.74) is 0. The molecule has 0 aromatic carbocycles. The van der Waals surface area contributed by atoms with Gasteiger partial charge in [0, 0.05) is 18.6 Å². The number of nitrogens with one attached hydrogen (secondary N) is 1. The second-order valence-electron chi connectivity index (χ2n) is 4.81. The SMILES string of the molecule is CC1CNCC1N(C)C1CCCC1. The second kappa shape index (κ2) is 3.97. The summed E-state index contributed by atoms with van der Waals surface area (Å²) in [5.74, 6) is 0.839. The highest BCUT2D eigenvalue weighted by Gasteiger charge is 2.31. The number of rotatable bonds is 2. The molecule has 13 heavy (non-hydrogen) atoms. The van der Waals surface area contributed by atoms with Crippen molar-refractivity contribution in [3.8, 4) is 0 Å². The molecule has 2 aliphatic rings. The fourth-order valence-electron chi connectivity index (χ4n) is 2.92. The van der Waals surface area contributed by atoms with E-state index < -0.39 is 0 Å². The molecule has 0 bridgehead atoms. The van der Waals surface area contributed by atoms with Crippen molar-refractivity contribution in [2.45, 2.75) is 44.7 Å². The Kier molecular flexibility index (Phi) is 2.89. The van der Waals surface area contributed by atoms with Gasteiger partial charge in [-0.1, -0.05) is 19.8 Å². The van der Waals surface area contributed by atoms with Gasteiger partial charge < -0.3 is 5.32 Å². The maximum atomic E-state index is 3.48. The van der Waals surface area contributed by atoms with Crippen molar-refractivity contribution in [3.05, 3.63) is 0 Å². The van der Waals surface area contributed by atoms with Crippen LogP contribution in [0.2, 0.25) is 0 Å². The minimum Gasteiger partial charge on any atom is -0.315 e. The fourth-order valence-corrected chi connectivity index (χ4v) is 2.92. The molecule has 1 aliphatic carbocycles. The van der Waals surface area contributed by atoms with Gasteiger partial charge in [0.25, 0.3) is 0 Å². The van der Waals surface area contributed by atoms with E-state index in [2.05, 4.69) is 24.2 Å². The molecule has 0 spiro atoms. The van der Waals surface area contributed by atoms with E-state index in [1.54, 1.807) is 0 Å². The third-order valence-electron chi connectivity index (χ3n) is 3.90. The molecule has 2 unspecified atom stereocenters. The minimum absolute atomic E-state index is 0.795. The molecular weight excluding hydrogens is 160 g/mol. The van der Waals surface area contributed by atoms with E-state index in [1.807, 2.05) is 0 Å². The molecule has 2 nitrogen and oxygen atoms in total. The van der Waals surface area contributed by atoms with Crippen LogP contribution in [0.15, 0.2) is 0 Å². The Morgan fingerprint density at radius 3 is 2.38 bits per heavy atom. The predicted molar refractivity (Wildman–Crippen MR) is 55.8 cm³/mol. The zero-order chi connectivity index (χ0) is 9.26. The number of likely N-dealkylation sites (N-methyl/N-ethyl adjacent to an activating group) is 1. The van der Waals surface area contributed by atoms with E-state index in [4.69, 9.17) is 0 Å². The van der Waals surface area contributed by atoms with E-state index in [0.29, 0.717) is 0 Å². The van der Waals surface area contributed by atoms with Crippen LogP contribution in [0.5, 0.6) is 0 Å². The van der Waals surface area contributed by atoms with Crippen LogP contribution in [0.25, 0.3) is 0 Å². The zero-order valence-corrected chi connectivity index (χ0v) is 8.92. The van der Waals surface area contributed by atoms with Crippen molar-refractivity contribution < 1.29 is 0 Å². The van der Waals surface area contributed by atoms with Gasteiger partial charge in [0.2, 0.25) is 0 Å². The standard InChI is InChI=1S/C11H22N2/c1-9-7-12-8-11(9)13(2)10-5-3-4-6-10/h9-12H,3-8H2,1-2H3. The lowest BCUT2D eigenvalue weighted by Gasteiger charge is -2.32. The first-order valence-electron chi connectivity index (χ1n) is 5.71. The molecule has 0 radical (unpaired) electrons. The number of nitrogens with zero attached hydrogens (tertiary/aromatic N) is 1. The van der Waals surface area contributed by atoms with E-state index in [9.17, 15) is 0 Å². The average Bonchev–Trinajstić information content (AvgIpc) is 2.72. The van der Waals surface area contributed by atoms with Crippen molar-refractivity contribution in [1.82, 2.24) is 10.2 Å². The summed E-state index contributed by atoms with van der Waals surface area (Å²) < 4.78 is 0. The topological polar surface area (TPSA) is 15.3 Å². The highest BCUT2D eigenvalue weighted by atomic mass is 15.2. The first-order chi connectivity index (χ1) is 6.29. The number of hydrogen-bond donors (Lipinski definition) is 1. The molecule has 0 aromatic heterocycles. The average molecular weight is 182 g/mol. The van der Waals surface area contributed by atoms with Crippen LogP contribution >= 0.6 is 0 Å². The molecule has 76 valence electrons. The van der Waals surface area contributed by atoms with Gasteiger partial charge in [-0.25, -0.2) is 0 Å². The molecule has 1 aliphatic heterocycles. The largest absolute Gasteiger partial charge is 0.315 e. The summed E-state index contributed by atoms with van der Waals surface area (Å²) in [6.45, 7) is 4.78. The van der Waals surface area contributed by atoms with Crippen molar-refractivity contribution in [2.24, 2.45) is 5.92 Å². The molecule has 2 atom stereocenters. The Bertz CT molecular complexity index is 163. The smallest absolute Gasteiger partial charge is 0.0258 e. The molecule has 1 N–H and O–H groups in total. The third kappa shape index (κ3) is 1.89. The molecule has 1 heterocycles. The van der Waals surface area contributed by atoms with Gasteiger partial charge in [0.05, 0.1) is 0 Å². The van der Waals surface area contributed by atoms with Crippen LogP contribution in [0, 0.1) is 5.92 Å². The normalized spacial score (nSPS) is 36.2. The maximum absolute atomic E-state index is 3.48. The maximum Gasteiger partial charge on any atom is 0.0258 e. The first-order valence-corrected chi connectivity index (χ1v) is 5.71. The van der Waals surface area contributed by atoms with Crippen LogP contribution in [0.3, 0.4) is 0 Å². The van der Waals surface area contributed by atoms with Crippen molar-refractivity contribution in [2.75, 3.05) is 20.1 Å². The first kappa shape index (κ1) is 9.47. The van der Waals surface area contributed by atoms with Gasteiger partial charge in [-0.05, 0) is 32.4 Å². The Hall–Kier alpha value is -0.0800. The highest BCUT2D eigenvalue weighted by Crippen LogP contribution is 2.26. The van der Waals surface area contributed by atoms with Gasteiger partial charge in [-0.15, -0.1) is 0 Å². The quantitative estimate of drug-likeness (QED) is 0.695. The van der Waals surface area contributed by atoms with Crippen LogP contribution in [0.4, 0.5) is 0 Å². The molecule has 1 saturated carbocycles. The summed E-state index contributed by atoms with van der Waals surface area (Å²) in [6.07, 6.45) is 5.76. The Morgan fingerprint density at radius 1 is 1.15 bits per heavy atom. The van der Waals surface area contributed by atoms with Gasteiger partial charge in [-0.2, -0.15) is 0 Å². The lowest BCUT2D eigenvalue weighted by atomic mass is 10.0. The fraction of sp³-hybridized carbons (Fsp3) is 1.00. The Labute approximate surface area is 81.7 Å². The molecule has 0 amide bonds. The predicted octanol–water partition coefficient (Wildman–Crippen LogP) is 1.47. The van der Waals surface area contributed by atoms with Gasteiger partial charge in [-0.3, -0.25) is 4.90 Å². The summed E-state index contributed by atoms with van der Waals surface area (Å²) in [5, 5.41) is 3.48. The van der Waals surface area contributed by atoms with Crippen LogP contribution in [0.1, 0.15) is 32.6 Å². The van der Waals surface area contributed by atoms with E-state index >= 15 is 0 Å². The van der Waals surface area contributed by atoms with Crippen LogP contribution < -0.4 is 5.32 Å². The third-order valence-corrected chi connectivity index (χ3v) is 3.90. The van der Waals surface area contributed by atoms with E-state index in [0.717, 1.165) is 18.0 Å². The van der Waals surface area contributed by atoms with Crippen molar-refractivity contribution >= 4 is 0 Å².